The monoisotopic (exact) mass is 461 g/mol. The molecule has 0 saturated carbocycles. The fourth-order valence-corrected chi connectivity index (χ4v) is 4.86. The average molecular weight is 462 g/mol. The van der Waals surface area contributed by atoms with Crippen LogP contribution in [-0.4, -0.2) is 48.3 Å². The minimum atomic E-state index is -0.0452. The quantitative estimate of drug-likeness (QED) is 0.250. The Morgan fingerprint density at radius 2 is 2.00 bits per heavy atom. The van der Waals surface area contributed by atoms with E-state index in [-0.39, 0.29) is 17.1 Å². The Hall–Kier alpha value is -3.71. The van der Waals surface area contributed by atoms with E-state index in [1.165, 1.54) is 11.8 Å². The third-order valence-electron chi connectivity index (χ3n) is 5.73. The highest BCUT2D eigenvalue weighted by atomic mass is 32.2. The third-order valence-corrected chi connectivity index (χ3v) is 6.71. The van der Waals surface area contributed by atoms with E-state index in [0.717, 1.165) is 48.7 Å². The maximum absolute atomic E-state index is 10.8. The second-order valence-corrected chi connectivity index (χ2v) is 8.79. The van der Waals surface area contributed by atoms with Gasteiger partial charge in [-0.05, 0) is 37.1 Å². The molecule has 5 rings (SSSR count). The van der Waals surface area contributed by atoms with Crippen molar-refractivity contribution in [2.24, 2.45) is 7.05 Å². The van der Waals surface area contributed by atoms with Crippen molar-refractivity contribution in [1.29, 1.82) is 5.26 Å². The van der Waals surface area contributed by atoms with Gasteiger partial charge in [0.25, 0.3) is 0 Å². The first-order valence-electron chi connectivity index (χ1n) is 10.7. The van der Waals surface area contributed by atoms with Gasteiger partial charge in [0.2, 0.25) is 5.95 Å². The maximum atomic E-state index is 10.8. The number of imidazole rings is 1. The molecule has 0 atom stereocenters. The topological polar surface area (TPSA) is 109 Å². The lowest BCUT2D eigenvalue weighted by molar-refractivity contribution is 0.420. The Kier molecular flexibility index (Phi) is 5.79. The number of hydrogen-bond acceptors (Lipinski definition) is 8. The number of aliphatic hydroxyl groups excluding tert-OH is 1. The SMILES string of the molecule is Cn1c(/C(C#N)=C(\O)CSc2nnc(N3CCCC3)n2Cc2ccco2)nc2ccccc21. The van der Waals surface area contributed by atoms with E-state index in [1.54, 1.807) is 6.26 Å². The van der Waals surface area contributed by atoms with Gasteiger partial charge >= 0.3 is 0 Å². The molecule has 1 saturated heterocycles. The Labute approximate surface area is 195 Å². The number of aliphatic hydroxyl groups is 1. The molecular formula is C23H23N7O2S. The lowest BCUT2D eigenvalue weighted by atomic mass is 10.2. The summed E-state index contributed by atoms with van der Waals surface area (Å²) >= 11 is 1.33. The zero-order valence-electron chi connectivity index (χ0n) is 18.2. The first kappa shape index (κ1) is 21.2. The Morgan fingerprint density at radius 1 is 1.18 bits per heavy atom. The molecule has 0 aliphatic carbocycles. The number of aromatic nitrogens is 5. The Balaban J connectivity index is 1.43. The highest BCUT2D eigenvalue weighted by Crippen LogP contribution is 2.29. The number of benzene rings is 1. The summed E-state index contributed by atoms with van der Waals surface area (Å²) in [5.41, 5.74) is 1.82. The minimum absolute atomic E-state index is 0.0452. The second kappa shape index (κ2) is 9.03. The van der Waals surface area contributed by atoms with Gasteiger partial charge in [-0.3, -0.25) is 4.57 Å². The number of anilines is 1. The van der Waals surface area contributed by atoms with Gasteiger partial charge in [-0.15, -0.1) is 10.2 Å². The first-order chi connectivity index (χ1) is 16.2. The maximum Gasteiger partial charge on any atom is 0.228 e. The molecule has 9 nitrogen and oxygen atoms in total. The van der Waals surface area contributed by atoms with E-state index < -0.39 is 0 Å². The van der Waals surface area contributed by atoms with Gasteiger partial charge in [0.05, 0.1) is 29.6 Å². The largest absolute Gasteiger partial charge is 0.510 e. The molecule has 1 aliphatic rings. The number of para-hydroxylation sites is 2. The third kappa shape index (κ3) is 4.07. The molecule has 0 unspecified atom stereocenters. The van der Waals surface area contributed by atoms with Gasteiger partial charge in [0.1, 0.15) is 23.2 Å². The summed E-state index contributed by atoms with van der Waals surface area (Å²) in [6, 6.07) is 13.5. The molecule has 0 radical (unpaired) electrons. The van der Waals surface area contributed by atoms with E-state index in [9.17, 15) is 10.4 Å². The van der Waals surface area contributed by atoms with Crippen molar-refractivity contribution in [3.8, 4) is 6.07 Å². The predicted octanol–water partition coefficient (Wildman–Crippen LogP) is 3.99. The second-order valence-electron chi connectivity index (χ2n) is 7.85. The molecule has 3 aromatic heterocycles. The van der Waals surface area contributed by atoms with Gasteiger partial charge in [-0.25, -0.2) is 4.98 Å². The molecule has 33 heavy (non-hydrogen) atoms. The average Bonchev–Trinajstić information content (AvgIpc) is 3.62. The molecule has 4 heterocycles. The molecule has 0 amide bonds. The summed E-state index contributed by atoms with van der Waals surface area (Å²) in [4.78, 5) is 6.76. The molecule has 1 fully saturated rings. The summed E-state index contributed by atoms with van der Waals surface area (Å²) < 4.78 is 9.37. The minimum Gasteiger partial charge on any atom is -0.510 e. The number of aryl methyl sites for hydroxylation is 1. The van der Waals surface area contributed by atoms with Crippen LogP contribution in [0.3, 0.4) is 0 Å². The number of rotatable bonds is 7. The van der Waals surface area contributed by atoms with Crippen LogP contribution < -0.4 is 4.90 Å². The Bertz CT molecular complexity index is 1340. The smallest absolute Gasteiger partial charge is 0.228 e. The van der Waals surface area contributed by atoms with E-state index in [4.69, 9.17) is 4.42 Å². The number of allylic oxidation sites excluding steroid dienone is 1. The first-order valence-corrected chi connectivity index (χ1v) is 11.7. The summed E-state index contributed by atoms with van der Waals surface area (Å²) in [5, 5.41) is 30.1. The van der Waals surface area contributed by atoms with Crippen molar-refractivity contribution >= 4 is 34.3 Å². The van der Waals surface area contributed by atoms with Crippen molar-refractivity contribution in [3.05, 3.63) is 60.0 Å². The molecule has 10 heteroatoms. The van der Waals surface area contributed by atoms with Crippen LogP contribution in [0.15, 0.2) is 58.0 Å². The number of nitriles is 1. The molecule has 4 aromatic rings. The number of thioether (sulfide) groups is 1. The van der Waals surface area contributed by atoms with Crippen molar-refractivity contribution in [2.75, 3.05) is 23.7 Å². The van der Waals surface area contributed by atoms with Crippen LogP contribution in [0.25, 0.3) is 16.6 Å². The number of hydrogen-bond donors (Lipinski definition) is 1. The van der Waals surface area contributed by atoms with Crippen LogP contribution in [0.1, 0.15) is 24.4 Å². The molecule has 1 aromatic carbocycles. The summed E-state index contributed by atoms with van der Waals surface area (Å²) in [7, 11) is 1.84. The number of furan rings is 1. The van der Waals surface area contributed by atoms with Crippen molar-refractivity contribution in [1.82, 2.24) is 24.3 Å². The fraction of sp³-hybridized carbons (Fsp3) is 0.304. The van der Waals surface area contributed by atoms with Gasteiger partial charge < -0.3 is 19.0 Å². The van der Waals surface area contributed by atoms with Crippen LogP contribution in [0.2, 0.25) is 0 Å². The molecule has 0 bridgehead atoms. The number of nitrogens with zero attached hydrogens (tertiary/aromatic N) is 7. The van der Waals surface area contributed by atoms with Crippen LogP contribution in [0, 0.1) is 11.3 Å². The van der Waals surface area contributed by atoms with E-state index in [2.05, 4.69) is 26.2 Å². The normalized spacial score (nSPS) is 14.6. The molecule has 168 valence electrons. The van der Waals surface area contributed by atoms with E-state index in [1.807, 2.05) is 52.6 Å². The van der Waals surface area contributed by atoms with E-state index in [0.29, 0.717) is 17.5 Å². The highest BCUT2D eigenvalue weighted by molar-refractivity contribution is 7.99. The van der Waals surface area contributed by atoms with E-state index >= 15 is 0 Å². The van der Waals surface area contributed by atoms with Crippen molar-refractivity contribution < 1.29 is 9.52 Å². The van der Waals surface area contributed by atoms with Gasteiger partial charge in [0, 0.05) is 20.1 Å². The lowest BCUT2D eigenvalue weighted by Crippen LogP contribution is -2.22. The summed E-state index contributed by atoms with van der Waals surface area (Å²) in [6.45, 7) is 2.38. The van der Waals surface area contributed by atoms with Crippen LogP contribution in [0.4, 0.5) is 5.95 Å². The van der Waals surface area contributed by atoms with Crippen LogP contribution in [0.5, 0.6) is 0 Å². The zero-order valence-corrected chi connectivity index (χ0v) is 19.0. The van der Waals surface area contributed by atoms with Crippen LogP contribution >= 0.6 is 11.8 Å². The zero-order chi connectivity index (χ0) is 22.8. The highest BCUT2D eigenvalue weighted by Gasteiger charge is 2.23. The number of fused-ring (bicyclic) bond motifs is 1. The van der Waals surface area contributed by atoms with Gasteiger partial charge in [-0.2, -0.15) is 5.26 Å². The van der Waals surface area contributed by atoms with Gasteiger partial charge in [-0.1, -0.05) is 23.9 Å². The fourth-order valence-electron chi connectivity index (χ4n) is 4.05. The Morgan fingerprint density at radius 3 is 2.73 bits per heavy atom. The molecule has 0 spiro atoms. The van der Waals surface area contributed by atoms with Crippen molar-refractivity contribution in [3.63, 3.8) is 0 Å². The van der Waals surface area contributed by atoms with Gasteiger partial charge in [0.15, 0.2) is 11.0 Å². The van der Waals surface area contributed by atoms with Crippen molar-refractivity contribution in [2.45, 2.75) is 24.5 Å². The summed E-state index contributed by atoms with van der Waals surface area (Å²) in [5.74, 6) is 2.16. The predicted molar refractivity (Wildman–Crippen MR) is 126 cm³/mol. The standard InChI is InChI=1S/C23H23N7O2S/c1-28-19-9-3-2-8-18(19)25-21(28)17(13-24)20(31)15-33-23-27-26-22(29-10-4-5-11-29)30(23)14-16-7-6-12-32-16/h2-3,6-9,12,31H,4-5,10-11,14-15H2,1H3/b20-17-. The lowest BCUT2D eigenvalue weighted by Gasteiger charge is -2.17. The summed E-state index contributed by atoms with van der Waals surface area (Å²) in [6.07, 6.45) is 3.90. The molecular weight excluding hydrogens is 438 g/mol. The molecule has 1 aliphatic heterocycles. The molecule has 1 N–H and O–H groups in total. The van der Waals surface area contributed by atoms with Crippen LogP contribution in [-0.2, 0) is 13.6 Å².